The van der Waals surface area contributed by atoms with Crippen molar-refractivity contribution in [1.82, 2.24) is 24.5 Å². The second kappa shape index (κ2) is 8.22. The van der Waals surface area contributed by atoms with Crippen molar-refractivity contribution >= 4 is 19.0 Å². The summed E-state index contributed by atoms with van der Waals surface area (Å²) in [5.74, 6) is 0.609. The van der Waals surface area contributed by atoms with Crippen LogP contribution in [-0.4, -0.2) is 39.2 Å². The minimum atomic E-state index is -1.11. The largest absolute Gasteiger partial charge is 0.360 e. The summed E-state index contributed by atoms with van der Waals surface area (Å²) in [7, 11) is -1.11. The third-order valence-electron chi connectivity index (χ3n) is 4.88. The zero-order valence-corrected chi connectivity index (χ0v) is 18.4. The number of fused-ring (bicyclic) bond motifs is 1. The highest BCUT2D eigenvalue weighted by atomic mass is 28.3. The maximum absolute atomic E-state index is 9.18. The molecule has 0 N–H and O–H groups in total. The van der Waals surface area contributed by atoms with Gasteiger partial charge in [-0.2, -0.15) is 15.5 Å². The van der Waals surface area contributed by atoms with E-state index in [1.807, 2.05) is 29.1 Å². The Balaban J connectivity index is 1.62. The Morgan fingerprint density at radius 2 is 1.93 bits per heavy atom. The van der Waals surface area contributed by atoms with E-state index in [4.69, 9.17) is 4.74 Å². The highest BCUT2D eigenvalue weighted by molar-refractivity contribution is 6.76. The number of hydrogen-bond donors (Lipinski definition) is 0. The highest BCUT2D eigenvalue weighted by Crippen LogP contribution is 2.26. The molecular weight excluding hydrogens is 392 g/mol. The van der Waals surface area contributed by atoms with Gasteiger partial charge in [0, 0.05) is 37.9 Å². The number of nitrogens with zero attached hydrogens (tertiary/aromatic N) is 6. The molecule has 0 spiro atoms. The highest BCUT2D eigenvalue weighted by Gasteiger charge is 2.14. The quantitative estimate of drug-likeness (QED) is 0.328. The number of pyridine rings is 1. The van der Waals surface area contributed by atoms with Crippen molar-refractivity contribution in [2.75, 3.05) is 6.61 Å². The molecule has 3 aromatic heterocycles. The first-order valence-electron chi connectivity index (χ1n) is 9.89. The second-order valence-electron chi connectivity index (χ2n) is 8.41. The lowest BCUT2D eigenvalue weighted by molar-refractivity contribution is 0.0817. The van der Waals surface area contributed by atoms with Crippen molar-refractivity contribution in [3.05, 3.63) is 60.6 Å². The molecule has 0 atom stereocenters. The van der Waals surface area contributed by atoms with Crippen LogP contribution < -0.4 is 0 Å². The fourth-order valence-corrected chi connectivity index (χ4v) is 3.93. The van der Waals surface area contributed by atoms with Gasteiger partial charge in [-0.15, -0.1) is 0 Å². The Bertz CT molecular complexity index is 1210. The van der Waals surface area contributed by atoms with E-state index < -0.39 is 8.07 Å². The molecular formula is C22H24N6OSi. The molecule has 0 unspecified atom stereocenters. The Hall–Kier alpha value is -3.28. The van der Waals surface area contributed by atoms with Crippen molar-refractivity contribution in [3.63, 3.8) is 0 Å². The van der Waals surface area contributed by atoms with Crippen molar-refractivity contribution < 1.29 is 4.74 Å². The molecule has 4 aromatic rings. The molecule has 0 saturated carbocycles. The van der Waals surface area contributed by atoms with Gasteiger partial charge < -0.3 is 4.74 Å². The smallest absolute Gasteiger partial charge is 0.155 e. The van der Waals surface area contributed by atoms with Crippen molar-refractivity contribution in [2.45, 2.75) is 32.4 Å². The van der Waals surface area contributed by atoms with Gasteiger partial charge in [0.1, 0.15) is 6.73 Å². The summed E-state index contributed by atoms with van der Waals surface area (Å²) in [4.78, 5) is 4.37. The van der Waals surface area contributed by atoms with E-state index in [1.165, 1.54) is 0 Å². The minimum Gasteiger partial charge on any atom is -0.360 e. The number of hydrogen-bond acceptors (Lipinski definition) is 5. The molecule has 0 aliphatic heterocycles. The van der Waals surface area contributed by atoms with E-state index in [0.717, 1.165) is 34.8 Å². The van der Waals surface area contributed by atoms with Crippen molar-refractivity contribution in [2.24, 2.45) is 0 Å². The van der Waals surface area contributed by atoms with Gasteiger partial charge in [-0.1, -0.05) is 31.8 Å². The zero-order valence-electron chi connectivity index (χ0n) is 17.4. The molecule has 30 heavy (non-hydrogen) atoms. The average molecular weight is 417 g/mol. The molecule has 7 nitrogen and oxygen atoms in total. The van der Waals surface area contributed by atoms with Gasteiger partial charge in [-0.25, -0.2) is 14.3 Å². The lowest BCUT2D eigenvalue weighted by Crippen LogP contribution is -2.22. The number of rotatable bonds is 7. The van der Waals surface area contributed by atoms with Crippen LogP contribution >= 0.6 is 0 Å². The van der Waals surface area contributed by atoms with Crippen LogP contribution in [0.2, 0.25) is 25.7 Å². The van der Waals surface area contributed by atoms with Crippen LogP contribution in [0.4, 0.5) is 0 Å². The molecule has 4 rings (SSSR count). The number of nitriles is 1. The van der Waals surface area contributed by atoms with Crippen LogP contribution in [0.25, 0.3) is 28.0 Å². The molecule has 1 aromatic carbocycles. The summed E-state index contributed by atoms with van der Waals surface area (Å²) in [6, 6.07) is 14.8. The average Bonchev–Trinajstić information content (AvgIpc) is 3.37. The van der Waals surface area contributed by atoms with E-state index in [1.54, 1.807) is 29.2 Å². The van der Waals surface area contributed by atoms with E-state index >= 15 is 0 Å². The van der Waals surface area contributed by atoms with Crippen LogP contribution in [0.5, 0.6) is 0 Å². The lowest BCUT2D eigenvalue weighted by atomic mass is 10.1. The monoisotopic (exact) mass is 416 g/mol. The Morgan fingerprint density at radius 1 is 1.07 bits per heavy atom. The van der Waals surface area contributed by atoms with Gasteiger partial charge in [0.2, 0.25) is 0 Å². The number of benzene rings is 1. The molecule has 0 radical (unpaired) electrons. The first kappa shape index (κ1) is 20.0. The molecule has 0 aliphatic carbocycles. The van der Waals surface area contributed by atoms with Gasteiger partial charge in [0.15, 0.2) is 5.82 Å². The summed E-state index contributed by atoms with van der Waals surface area (Å²) in [5, 5.41) is 19.1. The predicted molar refractivity (Wildman–Crippen MR) is 119 cm³/mol. The van der Waals surface area contributed by atoms with Gasteiger partial charge in [0.25, 0.3) is 0 Å². The zero-order chi connectivity index (χ0) is 21.1. The third-order valence-corrected chi connectivity index (χ3v) is 6.59. The van der Waals surface area contributed by atoms with E-state index in [0.29, 0.717) is 18.1 Å². The predicted octanol–water partition coefficient (Wildman–Crippen LogP) is 4.47. The third kappa shape index (κ3) is 4.32. The second-order valence-corrected chi connectivity index (χ2v) is 14.0. The van der Waals surface area contributed by atoms with E-state index in [9.17, 15) is 5.26 Å². The van der Waals surface area contributed by atoms with Crippen LogP contribution in [0.1, 0.15) is 5.56 Å². The summed E-state index contributed by atoms with van der Waals surface area (Å²) >= 11 is 0. The molecule has 0 aliphatic rings. The molecule has 8 heteroatoms. The Labute approximate surface area is 176 Å². The Morgan fingerprint density at radius 3 is 2.73 bits per heavy atom. The summed E-state index contributed by atoms with van der Waals surface area (Å²) in [6.07, 6.45) is 5.21. The van der Waals surface area contributed by atoms with Crippen LogP contribution in [0.3, 0.4) is 0 Å². The number of ether oxygens (including phenoxy) is 1. The topological polar surface area (TPSA) is 81.5 Å². The molecule has 0 bridgehead atoms. The SMILES string of the molecule is C[Si](C)(C)CCOCn1ncc2ccc(-c3ccnn3-c3cc(C#N)ccn3)cc21. The normalized spacial score (nSPS) is 11.7. The van der Waals surface area contributed by atoms with Crippen LogP contribution in [0, 0.1) is 11.3 Å². The minimum absolute atomic E-state index is 0.433. The van der Waals surface area contributed by atoms with Gasteiger partial charge in [0.05, 0.1) is 35.2 Å². The van der Waals surface area contributed by atoms with Crippen molar-refractivity contribution in [3.8, 4) is 23.1 Å². The molecule has 0 fully saturated rings. The van der Waals surface area contributed by atoms with E-state index in [-0.39, 0.29) is 0 Å². The van der Waals surface area contributed by atoms with Gasteiger partial charge in [-0.3, -0.25) is 0 Å². The van der Waals surface area contributed by atoms with Gasteiger partial charge >= 0.3 is 0 Å². The summed E-state index contributed by atoms with van der Waals surface area (Å²) < 4.78 is 9.52. The maximum Gasteiger partial charge on any atom is 0.155 e. The summed E-state index contributed by atoms with van der Waals surface area (Å²) in [5.41, 5.74) is 3.44. The molecule has 152 valence electrons. The first-order chi connectivity index (χ1) is 14.4. The first-order valence-corrected chi connectivity index (χ1v) is 13.6. The Kier molecular flexibility index (Phi) is 5.48. The molecule has 0 amide bonds. The van der Waals surface area contributed by atoms with Crippen molar-refractivity contribution in [1.29, 1.82) is 5.26 Å². The van der Waals surface area contributed by atoms with E-state index in [2.05, 4.69) is 47.0 Å². The maximum atomic E-state index is 9.18. The molecule has 3 heterocycles. The van der Waals surface area contributed by atoms with Crippen LogP contribution in [-0.2, 0) is 11.5 Å². The van der Waals surface area contributed by atoms with Crippen LogP contribution in [0.15, 0.2) is 55.0 Å². The standard InChI is InChI=1S/C22H24N6OSi/c1-30(2,3)11-10-29-16-27-21-13-18(4-5-19(21)15-26-27)20-7-9-25-28(20)22-12-17(14-23)6-8-24-22/h4-9,12-13,15H,10-11,16H2,1-3H3. The number of aromatic nitrogens is 5. The lowest BCUT2D eigenvalue weighted by Gasteiger charge is -2.15. The summed E-state index contributed by atoms with van der Waals surface area (Å²) in [6.45, 7) is 8.22. The fourth-order valence-electron chi connectivity index (χ4n) is 3.17. The van der Waals surface area contributed by atoms with Gasteiger partial charge in [-0.05, 0) is 24.2 Å². The molecule has 0 saturated heterocycles. The fraction of sp³-hybridized carbons (Fsp3) is 0.273.